The molecule has 1 amide bonds. The summed E-state index contributed by atoms with van der Waals surface area (Å²) in [6.07, 6.45) is 0. The van der Waals surface area contributed by atoms with Gasteiger partial charge in [-0.25, -0.2) is 4.68 Å². The van der Waals surface area contributed by atoms with E-state index in [4.69, 9.17) is 0 Å². The molecule has 1 unspecified atom stereocenters. The highest BCUT2D eigenvalue weighted by atomic mass is 16.2. The molecule has 126 valence electrons. The Labute approximate surface area is 145 Å². The van der Waals surface area contributed by atoms with E-state index in [-0.39, 0.29) is 11.5 Å². The molecule has 5 heteroatoms. The van der Waals surface area contributed by atoms with Gasteiger partial charge >= 0.3 is 0 Å². The van der Waals surface area contributed by atoms with Crippen LogP contribution in [0, 0.1) is 6.92 Å². The van der Waals surface area contributed by atoms with Crippen LogP contribution in [-0.2, 0) is 4.79 Å². The maximum absolute atomic E-state index is 12.4. The molecule has 0 radical (unpaired) electrons. The second-order valence-electron chi connectivity index (χ2n) is 5.90. The number of aromatic nitrogens is 2. The average molecular weight is 333 g/mol. The number of hydrogen-bond donors (Lipinski definition) is 1. The van der Waals surface area contributed by atoms with Crippen molar-refractivity contribution in [3.05, 3.63) is 82.6 Å². The van der Waals surface area contributed by atoms with Crippen molar-refractivity contribution in [1.29, 1.82) is 0 Å². The van der Waals surface area contributed by atoms with Crippen LogP contribution in [0.5, 0.6) is 0 Å². The van der Waals surface area contributed by atoms with E-state index in [0.717, 1.165) is 11.1 Å². The Bertz CT molecular complexity index is 931. The number of nitrogens with one attached hydrogen (secondary N) is 1. The predicted octanol–water partition coefficient (Wildman–Crippen LogP) is 3.42. The maximum atomic E-state index is 12.4. The summed E-state index contributed by atoms with van der Waals surface area (Å²) in [4.78, 5) is 24.6. The molecule has 1 N–H and O–H groups in total. The fraction of sp³-hybridized carbons (Fsp3) is 0.150. The third kappa shape index (κ3) is 3.83. The molecule has 0 saturated carbocycles. The van der Waals surface area contributed by atoms with Gasteiger partial charge in [0.05, 0.1) is 5.69 Å². The third-order valence-electron chi connectivity index (χ3n) is 3.96. The number of amides is 1. The van der Waals surface area contributed by atoms with Gasteiger partial charge in [0.1, 0.15) is 6.04 Å². The van der Waals surface area contributed by atoms with Gasteiger partial charge in [-0.05, 0) is 32.0 Å². The fourth-order valence-electron chi connectivity index (χ4n) is 2.46. The molecule has 0 bridgehead atoms. The van der Waals surface area contributed by atoms with Gasteiger partial charge in [-0.15, -0.1) is 0 Å². The molecule has 1 atom stereocenters. The maximum Gasteiger partial charge on any atom is 0.267 e. The molecule has 0 aliphatic carbocycles. The van der Waals surface area contributed by atoms with E-state index in [1.165, 1.54) is 10.7 Å². The molecule has 0 aliphatic heterocycles. The van der Waals surface area contributed by atoms with E-state index in [1.54, 1.807) is 25.1 Å². The van der Waals surface area contributed by atoms with Crippen LogP contribution >= 0.6 is 0 Å². The number of nitrogens with zero attached hydrogens (tertiary/aromatic N) is 2. The molecule has 0 fully saturated rings. The molecule has 1 aromatic heterocycles. The standard InChI is InChI=1S/C20H19N3O2/c1-14-8-10-16(11-9-14)18-12-13-19(24)23(22-18)15(2)20(25)21-17-6-4-3-5-7-17/h3-13,15H,1-2H3,(H,21,25). The number of aryl methyl sites for hydroxylation is 1. The van der Waals surface area contributed by atoms with Crippen molar-refractivity contribution in [3.8, 4) is 11.3 Å². The van der Waals surface area contributed by atoms with E-state index in [0.29, 0.717) is 11.4 Å². The van der Waals surface area contributed by atoms with E-state index in [2.05, 4.69) is 10.4 Å². The molecule has 3 aromatic rings. The highest BCUT2D eigenvalue weighted by Gasteiger charge is 2.18. The van der Waals surface area contributed by atoms with Crippen molar-refractivity contribution in [2.75, 3.05) is 5.32 Å². The van der Waals surface area contributed by atoms with Crippen LogP contribution in [0.1, 0.15) is 18.5 Å². The zero-order valence-corrected chi connectivity index (χ0v) is 14.1. The summed E-state index contributed by atoms with van der Waals surface area (Å²) in [5.74, 6) is -0.290. The summed E-state index contributed by atoms with van der Waals surface area (Å²) >= 11 is 0. The second-order valence-corrected chi connectivity index (χ2v) is 5.90. The summed E-state index contributed by atoms with van der Waals surface area (Å²) < 4.78 is 1.22. The SMILES string of the molecule is Cc1ccc(-c2ccc(=O)n(C(C)C(=O)Nc3ccccc3)n2)cc1. The van der Waals surface area contributed by atoms with E-state index in [9.17, 15) is 9.59 Å². The number of benzene rings is 2. The van der Waals surface area contributed by atoms with Crippen LogP contribution in [0.2, 0.25) is 0 Å². The Kier molecular flexibility index (Phi) is 4.75. The highest BCUT2D eigenvalue weighted by molar-refractivity contribution is 5.93. The van der Waals surface area contributed by atoms with E-state index < -0.39 is 6.04 Å². The summed E-state index contributed by atoms with van der Waals surface area (Å²) in [6.45, 7) is 3.67. The largest absolute Gasteiger partial charge is 0.324 e. The minimum atomic E-state index is -0.724. The molecule has 0 saturated heterocycles. The predicted molar refractivity (Wildman–Crippen MR) is 98.5 cm³/mol. The van der Waals surface area contributed by atoms with Crippen molar-refractivity contribution >= 4 is 11.6 Å². The van der Waals surface area contributed by atoms with Gasteiger partial charge < -0.3 is 5.32 Å². The Morgan fingerprint density at radius 2 is 1.68 bits per heavy atom. The lowest BCUT2D eigenvalue weighted by atomic mass is 10.1. The van der Waals surface area contributed by atoms with Crippen molar-refractivity contribution in [3.63, 3.8) is 0 Å². The minimum absolute atomic E-state index is 0.290. The van der Waals surface area contributed by atoms with Gasteiger partial charge in [-0.1, -0.05) is 48.0 Å². The minimum Gasteiger partial charge on any atom is -0.324 e. The first-order chi connectivity index (χ1) is 12.0. The smallest absolute Gasteiger partial charge is 0.267 e. The van der Waals surface area contributed by atoms with Crippen molar-refractivity contribution in [2.24, 2.45) is 0 Å². The van der Waals surface area contributed by atoms with Gasteiger partial charge in [-0.3, -0.25) is 9.59 Å². The molecule has 1 heterocycles. The quantitative estimate of drug-likeness (QED) is 0.796. The van der Waals surface area contributed by atoms with Crippen LogP contribution < -0.4 is 10.9 Å². The highest BCUT2D eigenvalue weighted by Crippen LogP contribution is 2.17. The fourth-order valence-corrected chi connectivity index (χ4v) is 2.46. The molecule has 5 nitrogen and oxygen atoms in total. The number of para-hydroxylation sites is 1. The molecule has 0 aliphatic rings. The van der Waals surface area contributed by atoms with E-state index in [1.807, 2.05) is 49.4 Å². The zero-order valence-electron chi connectivity index (χ0n) is 14.1. The third-order valence-corrected chi connectivity index (χ3v) is 3.96. The summed E-state index contributed by atoms with van der Waals surface area (Å²) in [7, 11) is 0. The Morgan fingerprint density at radius 3 is 2.36 bits per heavy atom. The van der Waals surface area contributed by atoms with Crippen molar-refractivity contribution in [2.45, 2.75) is 19.9 Å². The van der Waals surface area contributed by atoms with Gasteiger partial charge in [0.15, 0.2) is 0 Å². The zero-order chi connectivity index (χ0) is 17.8. The molecule has 0 spiro atoms. The normalized spacial score (nSPS) is 11.8. The van der Waals surface area contributed by atoms with Crippen LogP contribution in [0.25, 0.3) is 11.3 Å². The average Bonchev–Trinajstić information content (AvgIpc) is 2.63. The monoisotopic (exact) mass is 333 g/mol. The van der Waals surface area contributed by atoms with Gasteiger partial charge in [0.25, 0.3) is 5.56 Å². The lowest BCUT2D eigenvalue weighted by molar-refractivity contribution is -0.119. The van der Waals surface area contributed by atoms with Crippen LogP contribution in [0.15, 0.2) is 71.5 Å². The Hall–Kier alpha value is -3.21. The summed E-state index contributed by atoms with van der Waals surface area (Å²) in [5, 5.41) is 7.17. The summed E-state index contributed by atoms with van der Waals surface area (Å²) in [6, 6.07) is 19.4. The topological polar surface area (TPSA) is 64.0 Å². The molecular weight excluding hydrogens is 314 g/mol. The number of carbonyl (C=O) groups is 1. The first-order valence-electron chi connectivity index (χ1n) is 8.07. The lowest BCUT2D eigenvalue weighted by Gasteiger charge is -2.15. The number of rotatable bonds is 4. The van der Waals surface area contributed by atoms with Gasteiger partial charge in [-0.2, -0.15) is 5.10 Å². The van der Waals surface area contributed by atoms with E-state index >= 15 is 0 Å². The lowest BCUT2D eigenvalue weighted by Crippen LogP contribution is -2.33. The Balaban J connectivity index is 1.88. The van der Waals surface area contributed by atoms with Crippen LogP contribution in [0.3, 0.4) is 0 Å². The first-order valence-corrected chi connectivity index (χ1v) is 8.07. The molecule has 2 aromatic carbocycles. The van der Waals surface area contributed by atoms with Crippen molar-refractivity contribution in [1.82, 2.24) is 9.78 Å². The van der Waals surface area contributed by atoms with Gasteiger partial charge in [0, 0.05) is 17.3 Å². The van der Waals surface area contributed by atoms with Crippen LogP contribution in [0.4, 0.5) is 5.69 Å². The Morgan fingerprint density at radius 1 is 1.00 bits per heavy atom. The van der Waals surface area contributed by atoms with Crippen LogP contribution in [-0.4, -0.2) is 15.7 Å². The number of anilines is 1. The number of carbonyl (C=O) groups excluding carboxylic acids is 1. The molecule has 3 rings (SSSR count). The number of hydrogen-bond acceptors (Lipinski definition) is 3. The first kappa shape index (κ1) is 16.6. The molecule has 25 heavy (non-hydrogen) atoms. The van der Waals surface area contributed by atoms with Gasteiger partial charge in [0.2, 0.25) is 5.91 Å². The molecular formula is C20H19N3O2. The van der Waals surface area contributed by atoms with Crippen molar-refractivity contribution < 1.29 is 4.79 Å². The summed E-state index contributed by atoms with van der Waals surface area (Å²) in [5.41, 5.74) is 3.07. The second kappa shape index (κ2) is 7.13.